The lowest BCUT2D eigenvalue weighted by Crippen LogP contribution is -2.55. The Balaban J connectivity index is 1.60. The third-order valence-electron chi connectivity index (χ3n) is 5.05. The highest BCUT2D eigenvalue weighted by Gasteiger charge is 2.29. The monoisotopic (exact) mass is 287 g/mol. The summed E-state index contributed by atoms with van der Waals surface area (Å²) in [6.07, 6.45) is 4.16. The molecule has 1 aromatic rings. The summed E-state index contributed by atoms with van der Waals surface area (Å²) >= 11 is 0. The molecule has 0 saturated carbocycles. The Hall–Kier alpha value is -0.900. The van der Waals surface area contributed by atoms with E-state index in [9.17, 15) is 0 Å². The van der Waals surface area contributed by atoms with Gasteiger partial charge in [0.1, 0.15) is 0 Å². The number of hydrogen-bond donors (Lipinski definition) is 1. The molecule has 2 N–H and O–H groups in total. The van der Waals surface area contributed by atoms with Crippen LogP contribution in [0.2, 0.25) is 0 Å². The molecule has 3 heteroatoms. The molecule has 0 bridgehead atoms. The van der Waals surface area contributed by atoms with Crippen molar-refractivity contribution in [2.75, 3.05) is 32.7 Å². The summed E-state index contributed by atoms with van der Waals surface area (Å²) in [7, 11) is 0. The largest absolute Gasteiger partial charge is 0.323 e. The van der Waals surface area contributed by atoms with E-state index >= 15 is 0 Å². The number of piperazine rings is 1. The van der Waals surface area contributed by atoms with Crippen LogP contribution in [0.15, 0.2) is 18.2 Å². The lowest BCUT2D eigenvalue weighted by atomic mass is 9.98. The Kier molecular flexibility index (Phi) is 4.63. The fourth-order valence-electron chi connectivity index (χ4n) is 3.99. The van der Waals surface area contributed by atoms with Crippen molar-refractivity contribution in [3.8, 4) is 0 Å². The van der Waals surface area contributed by atoms with Gasteiger partial charge in [-0.2, -0.15) is 0 Å². The second kappa shape index (κ2) is 6.47. The van der Waals surface area contributed by atoms with Gasteiger partial charge < -0.3 is 5.73 Å². The van der Waals surface area contributed by atoms with E-state index in [1.807, 2.05) is 0 Å². The molecule has 2 aliphatic heterocycles. The predicted molar refractivity (Wildman–Crippen MR) is 88.5 cm³/mol. The van der Waals surface area contributed by atoms with Crippen LogP contribution in [0.3, 0.4) is 0 Å². The Bertz CT molecular complexity index is 465. The van der Waals surface area contributed by atoms with Crippen LogP contribution in [-0.2, 0) is 0 Å². The molecule has 0 spiro atoms. The zero-order chi connectivity index (χ0) is 14.8. The second-order valence-electron chi connectivity index (χ2n) is 6.97. The van der Waals surface area contributed by atoms with Crippen molar-refractivity contribution in [1.82, 2.24) is 9.80 Å². The van der Waals surface area contributed by atoms with Gasteiger partial charge in [0.15, 0.2) is 0 Å². The van der Waals surface area contributed by atoms with Crippen molar-refractivity contribution in [1.29, 1.82) is 0 Å². The lowest BCUT2D eigenvalue weighted by Gasteiger charge is -2.44. The summed E-state index contributed by atoms with van der Waals surface area (Å²) < 4.78 is 0. The van der Waals surface area contributed by atoms with Crippen molar-refractivity contribution in [2.45, 2.75) is 45.2 Å². The Morgan fingerprint density at radius 1 is 1.10 bits per heavy atom. The quantitative estimate of drug-likeness (QED) is 0.927. The normalized spacial score (nSPS) is 25.6. The highest BCUT2D eigenvalue weighted by Crippen LogP contribution is 2.23. The summed E-state index contributed by atoms with van der Waals surface area (Å²) in [6, 6.07) is 7.62. The third-order valence-corrected chi connectivity index (χ3v) is 5.05. The first-order valence-corrected chi connectivity index (χ1v) is 8.42. The molecule has 2 heterocycles. The first-order valence-electron chi connectivity index (χ1n) is 8.42. The maximum Gasteiger partial charge on any atom is 0.0424 e. The van der Waals surface area contributed by atoms with Gasteiger partial charge in [0.05, 0.1) is 0 Å². The molecule has 2 aliphatic rings. The van der Waals surface area contributed by atoms with E-state index in [-0.39, 0.29) is 6.04 Å². The topological polar surface area (TPSA) is 32.5 Å². The van der Waals surface area contributed by atoms with Crippen molar-refractivity contribution >= 4 is 0 Å². The van der Waals surface area contributed by atoms with Crippen LogP contribution in [0.1, 0.15) is 42.0 Å². The zero-order valence-electron chi connectivity index (χ0n) is 13.5. The summed E-state index contributed by atoms with van der Waals surface area (Å²) in [6.45, 7) is 10.2. The van der Waals surface area contributed by atoms with Gasteiger partial charge in [-0.3, -0.25) is 9.80 Å². The van der Waals surface area contributed by atoms with E-state index in [1.54, 1.807) is 0 Å². The van der Waals surface area contributed by atoms with Crippen LogP contribution in [0, 0.1) is 13.8 Å². The van der Waals surface area contributed by atoms with Crippen LogP contribution < -0.4 is 5.73 Å². The fraction of sp³-hybridized carbons (Fsp3) is 0.667. The smallest absolute Gasteiger partial charge is 0.0424 e. The molecule has 2 saturated heterocycles. The van der Waals surface area contributed by atoms with Gasteiger partial charge in [0, 0.05) is 38.3 Å². The molecule has 21 heavy (non-hydrogen) atoms. The number of nitrogens with two attached hydrogens (primary N) is 1. The summed E-state index contributed by atoms with van der Waals surface area (Å²) in [5, 5.41) is 0. The molecule has 0 aromatic heterocycles. The minimum Gasteiger partial charge on any atom is -0.323 e. The highest BCUT2D eigenvalue weighted by molar-refractivity contribution is 5.30. The molecule has 3 nitrogen and oxygen atoms in total. The van der Waals surface area contributed by atoms with Crippen LogP contribution in [-0.4, -0.2) is 48.6 Å². The van der Waals surface area contributed by atoms with E-state index in [0.29, 0.717) is 0 Å². The first-order chi connectivity index (χ1) is 10.1. The number of piperidine rings is 1. The van der Waals surface area contributed by atoms with Crippen LogP contribution >= 0.6 is 0 Å². The van der Waals surface area contributed by atoms with E-state index < -0.39 is 0 Å². The van der Waals surface area contributed by atoms with Crippen LogP contribution in [0.5, 0.6) is 0 Å². The number of hydrogen-bond acceptors (Lipinski definition) is 3. The minimum atomic E-state index is 0.138. The molecule has 2 unspecified atom stereocenters. The number of nitrogens with zero attached hydrogens (tertiary/aromatic N) is 2. The summed E-state index contributed by atoms with van der Waals surface area (Å²) in [4.78, 5) is 5.26. The summed E-state index contributed by atoms with van der Waals surface area (Å²) in [5.74, 6) is 0. The second-order valence-corrected chi connectivity index (χ2v) is 6.97. The SMILES string of the molecule is Cc1cc(C)cc(C(N)CN2CCN3CCCCC3C2)c1. The molecule has 0 aliphatic carbocycles. The van der Waals surface area contributed by atoms with Gasteiger partial charge in [0.2, 0.25) is 0 Å². The molecule has 2 fully saturated rings. The zero-order valence-corrected chi connectivity index (χ0v) is 13.5. The van der Waals surface area contributed by atoms with Gasteiger partial charge in [-0.05, 0) is 38.8 Å². The number of fused-ring (bicyclic) bond motifs is 1. The average Bonchev–Trinajstić information content (AvgIpc) is 2.46. The van der Waals surface area contributed by atoms with Gasteiger partial charge in [-0.25, -0.2) is 0 Å². The van der Waals surface area contributed by atoms with E-state index in [0.717, 1.165) is 12.6 Å². The average molecular weight is 287 g/mol. The third kappa shape index (κ3) is 3.65. The highest BCUT2D eigenvalue weighted by atomic mass is 15.3. The van der Waals surface area contributed by atoms with E-state index in [1.165, 1.54) is 62.1 Å². The van der Waals surface area contributed by atoms with Crippen molar-refractivity contribution in [3.63, 3.8) is 0 Å². The number of rotatable bonds is 3. The summed E-state index contributed by atoms with van der Waals surface area (Å²) in [5.41, 5.74) is 10.4. The van der Waals surface area contributed by atoms with Crippen LogP contribution in [0.4, 0.5) is 0 Å². The van der Waals surface area contributed by atoms with Crippen molar-refractivity contribution < 1.29 is 0 Å². The standard InChI is InChI=1S/C18H29N3/c1-14-9-15(2)11-16(10-14)18(19)13-20-7-8-21-6-4-3-5-17(21)12-20/h9-11,17-18H,3-8,12-13,19H2,1-2H3. The predicted octanol–water partition coefficient (Wildman–Crippen LogP) is 2.47. The maximum absolute atomic E-state index is 6.48. The minimum absolute atomic E-state index is 0.138. The Morgan fingerprint density at radius 3 is 2.62 bits per heavy atom. The van der Waals surface area contributed by atoms with Gasteiger partial charge in [-0.1, -0.05) is 35.7 Å². The molecule has 0 amide bonds. The van der Waals surface area contributed by atoms with Gasteiger partial charge in [-0.15, -0.1) is 0 Å². The molecule has 3 rings (SSSR count). The molecule has 0 radical (unpaired) electrons. The first kappa shape index (κ1) is 15.0. The Labute approximate surface area is 129 Å². The molecule has 1 aromatic carbocycles. The van der Waals surface area contributed by atoms with Gasteiger partial charge in [0.25, 0.3) is 0 Å². The molecular weight excluding hydrogens is 258 g/mol. The Morgan fingerprint density at radius 2 is 1.86 bits per heavy atom. The van der Waals surface area contributed by atoms with Crippen molar-refractivity contribution in [3.05, 3.63) is 34.9 Å². The van der Waals surface area contributed by atoms with E-state index in [4.69, 9.17) is 5.73 Å². The lowest BCUT2D eigenvalue weighted by molar-refractivity contribution is 0.0466. The molecule has 2 atom stereocenters. The molecular formula is C18H29N3. The van der Waals surface area contributed by atoms with Crippen LogP contribution in [0.25, 0.3) is 0 Å². The fourth-order valence-corrected chi connectivity index (χ4v) is 3.99. The maximum atomic E-state index is 6.48. The number of aryl methyl sites for hydroxylation is 2. The number of benzene rings is 1. The van der Waals surface area contributed by atoms with Crippen molar-refractivity contribution in [2.24, 2.45) is 5.73 Å². The van der Waals surface area contributed by atoms with Gasteiger partial charge >= 0.3 is 0 Å². The molecule has 116 valence electrons. The van der Waals surface area contributed by atoms with E-state index in [2.05, 4.69) is 41.8 Å².